The fourth-order valence-electron chi connectivity index (χ4n) is 6.28. The maximum absolute atomic E-state index is 5.44. The molecule has 2 heteroatoms. The van der Waals surface area contributed by atoms with Crippen LogP contribution in [0.3, 0.4) is 0 Å². The molecule has 0 aliphatic rings. The van der Waals surface area contributed by atoms with Crippen LogP contribution in [0, 0.1) is 5.92 Å². The molecule has 0 aliphatic heterocycles. The summed E-state index contributed by atoms with van der Waals surface area (Å²) >= 11 is 0. The van der Waals surface area contributed by atoms with Gasteiger partial charge in [-0.1, -0.05) is 147 Å². The van der Waals surface area contributed by atoms with E-state index in [9.17, 15) is 0 Å². The first kappa shape index (κ1) is 27.4. The second-order valence-corrected chi connectivity index (χ2v) is 11.4. The smallest absolute Gasteiger partial charge is 0.0822 e. The summed E-state index contributed by atoms with van der Waals surface area (Å²) in [7, 11) is 0. The van der Waals surface area contributed by atoms with Gasteiger partial charge in [-0.15, -0.1) is 0 Å². The lowest BCUT2D eigenvalue weighted by atomic mass is 9.85. The Bertz CT molecular complexity index is 2150. The third-order valence-corrected chi connectivity index (χ3v) is 8.79. The average molecular weight is 567 g/mol. The summed E-state index contributed by atoms with van der Waals surface area (Å²) in [5.74, 6) is 0.0373. The molecular formula is C42H34N2. The predicted molar refractivity (Wildman–Crippen MR) is 189 cm³/mol. The summed E-state index contributed by atoms with van der Waals surface area (Å²) in [6.07, 6.45) is 1.87. The van der Waals surface area contributed by atoms with Gasteiger partial charge in [-0.05, 0) is 57.0 Å². The number of allylic oxidation sites excluding steroid dienone is 1. The standard InChI is InChI=1S/C42H34N2/c1-4-39(34-22-19-32(20-23-34)31-15-9-6-10-16-31)43-41(29(3)28(2)30-13-7-5-8-14-30)35-24-21-33-25-26-37-36-17-11-12-18-40(36)44-42(37)38(33)27-35/h4-27,29,41,44H,1-2H2,3H3/b43-39+. The first-order valence-corrected chi connectivity index (χ1v) is 15.1. The molecule has 1 heterocycles. The SMILES string of the molecule is C=C/C(=N\C(c1ccc2ccc3c4ccccc4[nH]c3c2c1)C(C)C(=C)c1ccccc1)c1ccc(-c2ccccc2)cc1. The molecule has 0 bridgehead atoms. The van der Waals surface area contributed by atoms with Crippen molar-refractivity contribution in [2.45, 2.75) is 13.0 Å². The average Bonchev–Trinajstić information content (AvgIpc) is 3.48. The van der Waals surface area contributed by atoms with Gasteiger partial charge in [0.1, 0.15) is 0 Å². The Morgan fingerprint density at radius 2 is 1.32 bits per heavy atom. The van der Waals surface area contributed by atoms with Crippen molar-refractivity contribution < 1.29 is 0 Å². The van der Waals surface area contributed by atoms with Crippen LogP contribution in [-0.4, -0.2) is 10.7 Å². The molecule has 2 unspecified atom stereocenters. The number of benzene rings is 6. The van der Waals surface area contributed by atoms with Crippen LogP contribution >= 0.6 is 0 Å². The van der Waals surface area contributed by atoms with Crippen LogP contribution in [0.15, 0.2) is 164 Å². The van der Waals surface area contributed by atoms with Crippen LogP contribution in [-0.2, 0) is 0 Å². The molecular weight excluding hydrogens is 532 g/mol. The lowest BCUT2D eigenvalue weighted by Crippen LogP contribution is -2.12. The summed E-state index contributed by atoms with van der Waals surface area (Å²) in [6, 6.07) is 49.0. The van der Waals surface area contributed by atoms with E-state index in [1.165, 1.54) is 32.7 Å². The van der Waals surface area contributed by atoms with Gasteiger partial charge in [0.05, 0.1) is 17.3 Å². The Morgan fingerprint density at radius 3 is 2.07 bits per heavy atom. The van der Waals surface area contributed by atoms with E-state index in [1.807, 2.05) is 18.2 Å². The molecule has 0 fully saturated rings. The van der Waals surface area contributed by atoms with E-state index in [-0.39, 0.29) is 12.0 Å². The number of aliphatic imine (C=N–C) groups is 1. The highest BCUT2D eigenvalue weighted by atomic mass is 14.8. The van der Waals surface area contributed by atoms with E-state index in [1.54, 1.807) is 0 Å². The molecule has 0 aliphatic carbocycles. The Kier molecular flexibility index (Phi) is 7.25. The first-order chi connectivity index (χ1) is 21.6. The lowest BCUT2D eigenvalue weighted by Gasteiger charge is -2.25. The third-order valence-electron chi connectivity index (χ3n) is 8.79. The fraction of sp³-hybridized carbons (Fsp3) is 0.0714. The van der Waals surface area contributed by atoms with Crippen molar-refractivity contribution in [2.24, 2.45) is 10.9 Å². The Morgan fingerprint density at radius 1 is 0.659 bits per heavy atom. The van der Waals surface area contributed by atoms with Crippen molar-refractivity contribution in [3.8, 4) is 11.1 Å². The van der Waals surface area contributed by atoms with E-state index >= 15 is 0 Å². The number of rotatable bonds is 8. The number of hydrogen-bond donors (Lipinski definition) is 1. The van der Waals surface area contributed by atoms with Crippen molar-refractivity contribution >= 4 is 43.9 Å². The molecule has 212 valence electrons. The van der Waals surface area contributed by atoms with Gasteiger partial charge < -0.3 is 4.98 Å². The number of aromatic nitrogens is 1. The number of para-hydroxylation sites is 1. The maximum atomic E-state index is 5.44. The third kappa shape index (κ3) is 5.05. The summed E-state index contributed by atoms with van der Waals surface area (Å²) in [6.45, 7) is 11.0. The van der Waals surface area contributed by atoms with E-state index in [2.05, 4.69) is 152 Å². The first-order valence-electron chi connectivity index (χ1n) is 15.1. The van der Waals surface area contributed by atoms with Crippen LogP contribution in [0.1, 0.15) is 29.7 Å². The molecule has 0 saturated heterocycles. The summed E-state index contributed by atoms with van der Waals surface area (Å²) in [5.41, 5.74) is 9.92. The van der Waals surface area contributed by atoms with Gasteiger partial charge in [-0.2, -0.15) is 0 Å². The summed E-state index contributed by atoms with van der Waals surface area (Å²) in [5, 5.41) is 4.87. The highest BCUT2D eigenvalue weighted by molar-refractivity contribution is 6.17. The molecule has 1 N–H and O–H groups in total. The minimum atomic E-state index is -0.173. The maximum Gasteiger partial charge on any atom is 0.0822 e. The summed E-state index contributed by atoms with van der Waals surface area (Å²) < 4.78 is 0. The topological polar surface area (TPSA) is 28.1 Å². The molecule has 2 nitrogen and oxygen atoms in total. The largest absolute Gasteiger partial charge is 0.354 e. The normalized spacial score (nSPS) is 13.2. The molecule has 7 aromatic rings. The zero-order valence-corrected chi connectivity index (χ0v) is 24.9. The Balaban J connectivity index is 1.36. The Hall–Kier alpha value is -5.47. The molecule has 0 amide bonds. The van der Waals surface area contributed by atoms with Gasteiger partial charge in [-0.25, -0.2) is 0 Å². The predicted octanol–water partition coefficient (Wildman–Crippen LogP) is 11.2. The highest BCUT2D eigenvalue weighted by Crippen LogP contribution is 2.39. The number of aromatic amines is 1. The second kappa shape index (κ2) is 11.7. The zero-order chi connectivity index (χ0) is 30.0. The summed E-state index contributed by atoms with van der Waals surface area (Å²) in [4.78, 5) is 9.13. The Labute approximate surface area is 258 Å². The monoisotopic (exact) mass is 566 g/mol. The second-order valence-electron chi connectivity index (χ2n) is 11.4. The number of fused-ring (bicyclic) bond motifs is 5. The van der Waals surface area contributed by atoms with Crippen molar-refractivity contribution in [3.63, 3.8) is 0 Å². The van der Waals surface area contributed by atoms with Crippen LogP contribution in [0.25, 0.3) is 49.3 Å². The number of H-pyrrole nitrogens is 1. The number of nitrogens with one attached hydrogen (secondary N) is 1. The molecule has 1 aromatic heterocycles. The van der Waals surface area contributed by atoms with Gasteiger partial charge in [0, 0.05) is 27.6 Å². The van der Waals surface area contributed by atoms with Crippen LogP contribution < -0.4 is 0 Å². The van der Waals surface area contributed by atoms with Gasteiger partial charge in [0.2, 0.25) is 0 Å². The molecule has 44 heavy (non-hydrogen) atoms. The van der Waals surface area contributed by atoms with E-state index in [0.717, 1.165) is 39.0 Å². The number of nitrogens with zero attached hydrogens (tertiary/aromatic N) is 1. The minimum absolute atomic E-state index is 0.0373. The van der Waals surface area contributed by atoms with Crippen molar-refractivity contribution in [3.05, 3.63) is 175 Å². The molecule has 7 rings (SSSR count). The quantitative estimate of drug-likeness (QED) is 0.177. The molecule has 0 spiro atoms. The van der Waals surface area contributed by atoms with E-state index in [0.29, 0.717) is 0 Å². The van der Waals surface area contributed by atoms with E-state index in [4.69, 9.17) is 4.99 Å². The number of hydrogen-bond acceptors (Lipinski definition) is 1. The van der Waals surface area contributed by atoms with Gasteiger partial charge in [0.25, 0.3) is 0 Å². The van der Waals surface area contributed by atoms with Crippen LogP contribution in [0.5, 0.6) is 0 Å². The molecule has 6 aromatic carbocycles. The van der Waals surface area contributed by atoms with Crippen molar-refractivity contribution in [1.29, 1.82) is 0 Å². The highest BCUT2D eigenvalue weighted by Gasteiger charge is 2.24. The molecule has 2 atom stereocenters. The van der Waals surface area contributed by atoms with Gasteiger partial charge in [0.15, 0.2) is 0 Å². The minimum Gasteiger partial charge on any atom is -0.354 e. The van der Waals surface area contributed by atoms with Crippen LogP contribution in [0.2, 0.25) is 0 Å². The van der Waals surface area contributed by atoms with Crippen LogP contribution in [0.4, 0.5) is 0 Å². The zero-order valence-electron chi connectivity index (χ0n) is 24.9. The van der Waals surface area contributed by atoms with E-state index < -0.39 is 0 Å². The molecule has 0 saturated carbocycles. The van der Waals surface area contributed by atoms with Crippen molar-refractivity contribution in [2.75, 3.05) is 0 Å². The van der Waals surface area contributed by atoms with Gasteiger partial charge in [-0.3, -0.25) is 4.99 Å². The molecule has 0 radical (unpaired) electrons. The van der Waals surface area contributed by atoms with Gasteiger partial charge >= 0.3 is 0 Å². The fourth-order valence-corrected chi connectivity index (χ4v) is 6.28. The lowest BCUT2D eigenvalue weighted by molar-refractivity contribution is 0.586. The van der Waals surface area contributed by atoms with Crippen molar-refractivity contribution in [1.82, 2.24) is 4.98 Å².